The molecule has 0 N–H and O–H groups in total. The van der Waals surface area contributed by atoms with Crippen LogP contribution in [-0.2, 0) is 0 Å². The van der Waals surface area contributed by atoms with Crippen molar-refractivity contribution in [2.75, 3.05) is 7.11 Å². The third-order valence-corrected chi connectivity index (χ3v) is 1.40. The number of methoxy groups -OCH3 is 1. The molecular formula is C8H8NO3. The number of nitro groups is 1. The van der Waals surface area contributed by atoms with E-state index in [2.05, 4.69) is 6.92 Å². The zero-order chi connectivity index (χ0) is 9.14. The number of hydrogen-bond donors (Lipinski definition) is 0. The van der Waals surface area contributed by atoms with Gasteiger partial charge in [-0.1, -0.05) is 0 Å². The molecule has 0 spiro atoms. The van der Waals surface area contributed by atoms with Gasteiger partial charge in [-0.25, -0.2) is 0 Å². The Hall–Kier alpha value is -1.58. The topological polar surface area (TPSA) is 52.4 Å². The smallest absolute Gasteiger partial charge is 0.273 e. The summed E-state index contributed by atoms with van der Waals surface area (Å²) in [5.74, 6) is 0.453. The quantitative estimate of drug-likeness (QED) is 0.497. The maximum atomic E-state index is 10.3. The third kappa shape index (κ3) is 1.72. The molecule has 0 amide bonds. The molecule has 1 rings (SSSR count). The van der Waals surface area contributed by atoms with Crippen molar-refractivity contribution < 1.29 is 9.66 Å². The fourth-order valence-electron chi connectivity index (χ4n) is 0.867. The Bertz CT molecular complexity index is 309. The van der Waals surface area contributed by atoms with Crippen molar-refractivity contribution in [3.05, 3.63) is 40.8 Å². The van der Waals surface area contributed by atoms with Crippen LogP contribution < -0.4 is 4.74 Å². The highest BCUT2D eigenvalue weighted by Gasteiger charge is 2.07. The Labute approximate surface area is 69.9 Å². The summed E-state index contributed by atoms with van der Waals surface area (Å²) < 4.78 is 4.84. The molecule has 0 unspecified atom stereocenters. The molecule has 0 fully saturated rings. The molecule has 0 saturated carbocycles. The molecule has 4 heteroatoms. The molecular weight excluding hydrogens is 158 g/mol. The first-order chi connectivity index (χ1) is 5.63. The molecule has 0 aromatic heterocycles. The lowest BCUT2D eigenvalue weighted by Crippen LogP contribution is -1.90. The predicted molar refractivity (Wildman–Crippen MR) is 44.1 cm³/mol. The van der Waals surface area contributed by atoms with E-state index in [4.69, 9.17) is 4.74 Å². The lowest BCUT2D eigenvalue weighted by atomic mass is 10.2. The van der Waals surface area contributed by atoms with Crippen LogP contribution in [0.4, 0.5) is 5.69 Å². The van der Waals surface area contributed by atoms with Crippen LogP contribution in [0, 0.1) is 17.0 Å². The van der Waals surface area contributed by atoms with Gasteiger partial charge >= 0.3 is 0 Å². The van der Waals surface area contributed by atoms with Gasteiger partial charge in [-0.05, 0) is 18.6 Å². The van der Waals surface area contributed by atoms with E-state index in [-0.39, 0.29) is 5.69 Å². The molecule has 0 bridgehead atoms. The highest BCUT2D eigenvalue weighted by Crippen LogP contribution is 2.21. The van der Waals surface area contributed by atoms with E-state index in [9.17, 15) is 10.1 Å². The van der Waals surface area contributed by atoms with E-state index >= 15 is 0 Å². The van der Waals surface area contributed by atoms with Crippen molar-refractivity contribution >= 4 is 5.69 Å². The molecule has 0 saturated heterocycles. The normalized spacial score (nSPS) is 9.50. The van der Waals surface area contributed by atoms with Crippen LogP contribution in [0.25, 0.3) is 0 Å². The minimum Gasteiger partial charge on any atom is -0.496 e. The summed E-state index contributed by atoms with van der Waals surface area (Å²) in [5.41, 5.74) is 0.570. The van der Waals surface area contributed by atoms with Gasteiger partial charge in [-0.2, -0.15) is 0 Å². The zero-order valence-electron chi connectivity index (χ0n) is 6.61. The molecule has 63 valence electrons. The minimum absolute atomic E-state index is 0.000602. The maximum absolute atomic E-state index is 10.3. The van der Waals surface area contributed by atoms with E-state index in [1.54, 1.807) is 6.07 Å². The number of non-ortho nitro benzene ring substituents is 1. The Morgan fingerprint density at radius 1 is 1.50 bits per heavy atom. The van der Waals surface area contributed by atoms with Gasteiger partial charge in [-0.3, -0.25) is 10.1 Å². The first-order valence-electron chi connectivity index (χ1n) is 3.29. The summed E-state index contributed by atoms with van der Waals surface area (Å²) in [7, 11) is 1.46. The SMILES string of the molecule is [CH2]c1cc(OC)cc([N+](=O)[O-])c1. The van der Waals surface area contributed by atoms with E-state index < -0.39 is 4.92 Å². The lowest BCUT2D eigenvalue weighted by Gasteiger charge is -2.00. The molecule has 1 radical (unpaired) electrons. The van der Waals surface area contributed by atoms with E-state index in [1.807, 2.05) is 0 Å². The summed E-state index contributed by atoms with van der Waals surface area (Å²) in [6.45, 7) is 3.59. The van der Waals surface area contributed by atoms with E-state index in [0.717, 1.165) is 0 Å². The number of rotatable bonds is 2. The van der Waals surface area contributed by atoms with Gasteiger partial charge < -0.3 is 4.74 Å². The highest BCUT2D eigenvalue weighted by molar-refractivity contribution is 5.43. The molecule has 1 aromatic rings. The molecule has 4 nitrogen and oxygen atoms in total. The second kappa shape index (κ2) is 3.21. The third-order valence-electron chi connectivity index (χ3n) is 1.40. The summed E-state index contributed by atoms with van der Waals surface area (Å²) in [6.07, 6.45) is 0. The maximum Gasteiger partial charge on any atom is 0.273 e. The van der Waals surface area contributed by atoms with Crippen molar-refractivity contribution in [1.29, 1.82) is 0 Å². The van der Waals surface area contributed by atoms with Gasteiger partial charge in [0.2, 0.25) is 0 Å². The standard InChI is InChI=1S/C8H8NO3/c1-6-3-7(9(10)11)5-8(4-6)12-2/h3-5H,1H2,2H3. The van der Waals surface area contributed by atoms with Crippen LogP contribution in [0.5, 0.6) is 5.75 Å². The first kappa shape index (κ1) is 8.52. The fraction of sp³-hybridized carbons (Fsp3) is 0.125. The summed E-state index contributed by atoms with van der Waals surface area (Å²) >= 11 is 0. The lowest BCUT2D eigenvalue weighted by molar-refractivity contribution is -0.385. The Kier molecular flexibility index (Phi) is 2.28. The van der Waals surface area contributed by atoms with Gasteiger partial charge in [0.25, 0.3) is 5.69 Å². The Balaban J connectivity index is 3.15. The summed E-state index contributed by atoms with van der Waals surface area (Å²) in [5, 5.41) is 10.3. The number of benzene rings is 1. The van der Waals surface area contributed by atoms with Crippen molar-refractivity contribution in [2.45, 2.75) is 0 Å². The molecule has 0 heterocycles. The van der Waals surface area contributed by atoms with Crippen LogP contribution in [0.1, 0.15) is 5.56 Å². The van der Waals surface area contributed by atoms with Crippen LogP contribution in [0.15, 0.2) is 18.2 Å². The van der Waals surface area contributed by atoms with Gasteiger partial charge in [0, 0.05) is 6.07 Å². The van der Waals surface area contributed by atoms with Crippen molar-refractivity contribution in [2.24, 2.45) is 0 Å². The van der Waals surface area contributed by atoms with E-state index in [0.29, 0.717) is 11.3 Å². The monoisotopic (exact) mass is 166 g/mol. The number of nitro benzene ring substituents is 1. The van der Waals surface area contributed by atoms with Gasteiger partial charge in [0.05, 0.1) is 18.1 Å². The summed E-state index contributed by atoms with van der Waals surface area (Å²) in [4.78, 5) is 9.87. The first-order valence-corrected chi connectivity index (χ1v) is 3.29. The van der Waals surface area contributed by atoms with Crippen LogP contribution in [-0.4, -0.2) is 12.0 Å². The number of ether oxygens (including phenoxy) is 1. The molecule has 0 aliphatic carbocycles. The average molecular weight is 166 g/mol. The van der Waals surface area contributed by atoms with Crippen molar-refractivity contribution in [1.82, 2.24) is 0 Å². The van der Waals surface area contributed by atoms with Crippen molar-refractivity contribution in [3.63, 3.8) is 0 Å². The predicted octanol–water partition coefficient (Wildman–Crippen LogP) is 1.79. The fourth-order valence-corrected chi connectivity index (χ4v) is 0.867. The molecule has 1 aromatic carbocycles. The summed E-state index contributed by atoms with van der Waals surface area (Å²) in [6, 6.07) is 4.38. The van der Waals surface area contributed by atoms with Gasteiger partial charge in [0.1, 0.15) is 5.75 Å². The van der Waals surface area contributed by atoms with Gasteiger partial charge in [-0.15, -0.1) is 0 Å². The second-order valence-electron chi connectivity index (χ2n) is 2.30. The Morgan fingerprint density at radius 3 is 2.67 bits per heavy atom. The molecule has 0 atom stereocenters. The largest absolute Gasteiger partial charge is 0.496 e. The molecule has 0 aliphatic heterocycles. The highest BCUT2D eigenvalue weighted by atomic mass is 16.6. The minimum atomic E-state index is -0.475. The zero-order valence-corrected chi connectivity index (χ0v) is 6.61. The second-order valence-corrected chi connectivity index (χ2v) is 2.30. The number of nitrogens with zero attached hydrogens (tertiary/aromatic N) is 1. The molecule has 12 heavy (non-hydrogen) atoms. The van der Waals surface area contributed by atoms with Crippen LogP contribution in [0.3, 0.4) is 0 Å². The van der Waals surface area contributed by atoms with Crippen LogP contribution in [0.2, 0.25) is 0 Å². The number of hydrogen-bond acceptors (Lipinski definition) is 3. The van der Waals surface area contributed by atoms with Crippen molar-refractivity contribution in [3.8, 4) is 5.75 Å². The Morgan fingerprint density at radius 2 is 2.17 bits per heavy atom. The molecule has 0 aliphatic rings. The van der Waals surface area contributed by atoms with E-state index in [1.165, 1.54) is 19.2 Å². The van der Waals surface area contributed by atoms with Gasteiger partial charge in [0.15, 0.2) is 0 Å². The van der Waals surface area contributed by atoms with Crippen LogP contribution >= 0.6 is 0 Å². The average Bonchev–Trinajstić information content (AvgIpc) is 2.03.